The molecule has 1 aliphatic heterocycles. The zero-order chi connectivity index (χ0) is 17.8. The number of aromatic nitrogens is 2. The van der Waals surface area contributed by atoms with E-state index >= 15 is 0 Å². The molecule has 0 aliphatic carbocycles. The number of piperazine rings is 1. The van der Waals surface area contributed by atoms with E-state index in [0.717, 1.165) is 0 Å². The van der Waals surface area contributed by atoms with E-state index in [9.17, 15) is 18.4 Å². The van der Waals surface area contributed by atoms with E-state index in [1.54, 1.807) is 28.0 Å². The van der Waals surface area contributed by atoms with Gasteiger partial charge in [-0.3, -0.25) is 18.9 Å². The van der Waals surface area contributed by atoms with Crippen molar-refractivity contribution in [3.8, 4) is 0 Å². The first kappa shape index (κ1) is 17.1. The summed E-state index contributed by atoms with van der Waals surface area (Å²) in [5.41, 5.74) is 1.29. The Hall–Kier alpha value is -2.72. The van der Waals surface area contributed by atoms with Crippen molar-refractivity contribution in [1.82, 2.24) is 20.0 Å². The van der Waals surface area contributed by atoms with Crippen molar-refractivity contribution in [3.05, 3.63) is 47.8 Å². The lowest BCUT2D eigenvalue weighted by Gasteiger charge is -2.34. The molecule has 25 heavy (non-hydrogen) atoms. The smallest absolute Gasteiger partial charge is 0.271 e. The second-order valence-corrected chi connectivity index (χ2v) is 6.14. The topological polar surface area (TPSA) is 121 Å². The normalized spacial score (nSPS) is 15.7. The van der Waals surface area contributed by atoms with Crippen LogP contribution in [0.2, 0.25) is 0 Å². The molecule has 1 saturated heterocycles. The molecule has 0 spiro atoms. The molecule has 1 aliphatic rings. The van der Waals surface area contributed by atoms with Gasteiger partial charge in [0.1, 0.15) is 5.69 Å². The molecule has 2 N–H and O–H groups in total. The second-order valence-electron chi connectivity index (χ2n) is 5.47. The van der Waals surface area contributed by atoms with Crippen LogP contribution in [0.3, 0.4) is 0 Å². The van der Waals surface area contributed by atoms with Crippen LogP contribution in [0, 0.1) is 0 Å². The summed E-state index contributed by atoms with van der Waals surface area (Å²) in [7, 11) is 0. The first-order valence-corrected chi connectivity index (χ1v) is 8.66. The van der Waals surface area contributed by atoms with Crippen molar-refractivity contribution >= 4 is 28.8 Å². The standard InChI is InChI=1S/C15H17N5O4S/c21-14(11-1-3-12(4-2-11)18-25(23)24)19-7-9-20(10-8-19)15(22)13-5-6-16-17-13/h1-6,18H,7-10H2,(H,16,17)(H,23,24)/p-1. The minimum Gasteiger partial charge on any atom is -0.755 e. The fourth-order valence-electron chi connectivity index (χ4n) is 2.62. The van der Waals surface area contributed by atoms with Crippen LogP contribution >= 0.6 is 0 Å². The fraction of sp³-hybridized carbons (Fsp3) is 0.267. The monoisotopic (exact) mass is 362 g/mol. The van der Waals surface area contributed by atoms with Gasteiger partial charge >= 0.3 is 0 Å². The number of nitrogens with zero attached hydrogens (tertiary/aromatic N) is 3. The number of hydrogen-bond acceptors (Lipinski definition) is 5. The Kier molecular flexibility index (Phi) is 5.10. The van der Waals surface area contributed by atoms with Crippen LogP contribution < -0.4 is 4.72 Å². The SMILES string of the molecule is O=C(c1ccc(NS(=O)[O-])cc1)N1CCN(C(=O)c2ccn[nH]2)CC1. The van der Waals surface area contributed by atoms with Gasteiger partial charge in [0.15, 0.2) is 0 Å². The van der Waals surface area contributed by atoms with E-state index in [0.29, 0.717) is 43.1 Å². The van der Waals surface area contributed by atoms with Crippen LogP contribution in [0.15, 0.2) is 36.5 Å². The number of H-pyrrole nitrogens is 1. The van der Waals surface area contributed by atoms with E-state index in [1.807, 2.05) is 0 Å². The van der Waals surface area contributed by atoms with E-state index in [-0.39, 0.29) is 11.8 Å². The molecule has 1 unspecified atom stereocenters. The van der Waals surface area contributed by atoms with Gasteiger partial charge in [-0.25, -0.2) is 0 Å². The Labute approximate surface area is 146 Å². The van der Waals surface area contributed by atoms with Crippen LogP contribution in [0.5, 0.6) is 0 Å². The van der Waals surface area contributed by atoms with Gasteiger partial charge in [-0.1, -0.05) is 0 Å². The number of carbonyl (C=O) groups excluding carboxylic acids is 2. The summed E-state index contributed by atoms with van der Waals surface area (Å²) in [6.07, 6.45) is 1.52. The highest BCUT2D eigenvalue weighted by atomic mass is 32.2. The molecular formula is C15H16N5O4S-. The molecule has 1 aromatic carbocycles. The molecule has 10 heteroatoms. The Bertz CT molecular complexity index is 770. The lowest BCUT2D eigenvalue weighted by Crippen LogP contribution is -2.50. The predicted octanol–water partition coefficient (Wildman–Crippen LogP) is 0.214. The first-order chi connectivity index (χ1) is 12.0. The van der Waals surface area contributed by atoms with Gasteiger partial charge in [0.2, 0.25) is 0 Å². The molecule has 0 bridgehead atoms. The fourth-order valence-corrected chi connectivity index (χ4v) is 2.95. The van der Waals surface area contributed by atoms with Crippen molar-refractivity contribution in [2.24, 2.45) is 0 Å². The maximum absolute atomic E-state index is 12.5. The van der Waals surface area contributed by atoms with Crippen LogP contribution in [-0.4, -0.2) is 66.8 Å². The summed E-state index contributed by atoms with van der Waals surface area (Å²) < 4.78 is 23.4. The van der Waals surface area contributed by atoms with E-state index in [2.05, 4.69) is 14.9 Å². The lowest BCUT2D eigenvalue weighted by molar-refractivity contribution is 0.0532. The van der Waals surface area contributed by atoms with Gasteiger partial charge in [0.05, 0.1) is 0 Å². The van der Waals surface area contributed by atoms with E-state index in [4.69, 9.17) is 0 Å². The third kappa shape index (κ3) is 4.03. The number of aromatic amines is 1. The molecular weight excluding hydrogens is 346 g/mol. The highest BCUT2D eigenvalue weighted by Gasteiger charge is 2.25. The van der Waals surface area contributed by atoms with Gasteiger partial charge < -0.3 is 19.1 Å². The molecule has 9 nitrogen and oxygen atoms in total. The number of anilines is 1. The zero-order valence-corrected chi connectivity index (χ0v) is 14.0. The summed E-state index contributed by atoms with van der Waals surface area (Å²) in [5, 5.41) is 6.41. The minimum absolute atomic E-state index is 0.134. The van der Waals surface area contributed by atoms with Gasteiger partial charge in [-0.15, -0.1) is 0 Å². The Morgan fingerprint density at radius 3 is 2.16 bits per heavy atom. The Morgan fingerprint density at radius 1 is 1.04 bits per heavy atom. The molecule has 0 radical (unpaired) electrons. The van der Waals surface area contributed by atoms with Crippen LogP contribution in [0.4, 0.5) is 5.69 Å². The lowest BCUT2D eigenvalue weighted by atomic mass is 10.1. The van der Waals surface area contributed by atoms with Gasteiger partial charge in [0, 0.05) is 54.9 Å². The minimum atomic E-state index is -2.40. The van der Waals surface area contributed by atoms with Crippen molar-refractivity contribution in [3.63, 3.8) is 0 Å². The number of rotatable bonds is 4. The zero-order valence-electron chi connectivity index (χ0n) is 13.2. The molecule has 2 aromatic rings. The van der Waals surface area contributed by atoms with Crippen LogP contribution in [0.1, 0.15) is 20.8 Å². The quantitative estimate of drug-likeness (QED) is 0.753. The molecule has 2 amide bonds. The molecule has 1 fully saturated rings. The van der Waals surface area contributed by atoms with Gasteiger partial charge in [-0.2, -0.15) is 5.10 Å². The predicted molar refractivity (Wildman–Crippen MR) is 89.4 cm³/mol. The average molecular weight is 362 g/mol. The second kappa shape index (κ2) is 7.45. The summed E-state index contributed by atoms with van der Waals surface area (Å²) in [6.45, 7) is 1.75. The molecule has 2 heterocycles. The molecule has 1 aromatic heterocycles. The summed E-state index contributed by atoms with van der Waals surface area (Å²) in [6, 6.07) is 7.81. The highest BCUT2D eigenvalue weighted by Crippen LogP contribution is 2.14. The summed E-state index contributed by atoms with van der Waals surface area (Å²) in [4.78, 5) is 28.1. The van der Waals surface area contributed by atoms with Crippen molar-refractivity contribution in [1.29, 1.82) is 0 Å². The Morgan fingerprint density at radius 2 is 1.64 bits per heavy atom. The number of benzene rings is 1. The summed E-state index contributed by atoms with van der Waals surface area (Å²) in [5.74, 6) is -0.283. The first-order valence-electron chi connectivity index (χ1n) is 7.58. The number of hydrogen-bond donors (Lipinski definition) is 2. The molecule has 3 rings (SSSR count). The summed E-state index contributed by atoms with van der Waals surface area (Å²) >= 11 is -2.40. The van der Waals surface area contributed by atoms with Crippen molar-refractivity contribution < 1.29 is 18.4 Å². The molecule has 132 valence electrons. The van der Waals surface area contributed by atoms with E-state index in [1.165, 1.54) is 18.3 Å². The largest absolute Gasteiger partial charge is 0.755 e. The third-order valence-electron chi connectivity index (χ3n) is 3.92. The highest BCUT2D eigenvalue weighted by molar-refractivity contribution is 7.80. The van der Waals surface area contributed by atoms with Crippen molar-refractivity contribution in [2.75, 3.05) is 30.9 Å². The van der Waals surface area contributed by atoms with Gasteiger partial charge in [0.25, 0.3) is 11.8 Å². The number of nitrogens with one attached hydrogen (secondary N) is 2. The Balaban J connectivity index is 1.58. The number of amides is 2. The number of carbonyl (C=O) groups is 2. The van der Waals surface area contributed by atoms with Crippen molar-refractivity contribution in [2.45, 2.75) is 0 Å². The van der Waals surface area contributed by atoms with Crippen LogP contribution in [-0.2, 0) is 11.3 Å². The third-order valence-corrected chi connectivity index (χ3v) is 4.32. The van der Waals surface area contributed by atoms with Crippen LogP contribution in [0.25, 0.3) is 0 Å². The molecule has 0 saturated carbocycles. The maximum atomic E-state index is 12.5. The molecule has 1 atom stereocenters. The maximum Gasteiger partial charge on any atom is 0.271 e. The average Bonchev–Trinajstić information content (AvgIpc) is 3.15. The van der Waals surface area contributed by atoms with Gasteiger partial charge in [-0.05, 0) is 30.3 Å². The van der Waals surface area contributed by atoms with E-state index < -0.39 is 11.3 Å².